The minimum atomic E-state index is 0.300. The first kappa shape index (κ1) is 12.7. The quantitative estimate of drug-likeness (QED) is 0.734. The van der Waals surface area contributed by atoms with E-state index in [9.17, 15) is 0 Å². The SMILES string of the molecule is CCCCC=C1C=CC=CC1Nc1ccccc1. The second-order valence-corrected chi connectivity index (χ2v) is 4.58. The summed E-state index contributed by atoms with van der Waals surface area (Å²) < 4.78 is 0. The van der Waals surface area contributed by atoms with Crippen LogP contribution in [0.2, 0.25) is 0 Å². The van der Waals surface area contributed by atoms with E-state index in [2.05, 4.69) is 66.9 Å². The molecule has 0 spiro atoms. The molecule has 1 aromatic rings. The van der Waals surface area contributed by atoms with Crippen LogP contribution < -0.4 is 5.32 Å². The number of nitrogens with one attached hydrogen (secondary N) is 1. The van der Waals surface area contributed by atoms with Crippen molar-refractivity contribution >= 4 is 5.69 Å². The lowest BCUT2D eigenvalue weighted by Crippen LogP contribution is -2.20. The second-order valence-electron chi connectivity index (χ2n) is 4.58. The number of anilines is 1. The van der Waals surface area contributed by atoms with Crippen LogP contribution in [0.15, 0.2) is 66.3 Å². The van der Waals surface area contributed by atoms with Gasteiger partial charge in [0.25, 0.3) is 0 Å². The summed E-state index contributed by atoms with van der Waals surface area (Å²) >= 11 is 0. The molecule has 0 aliphatic heterocycles. The van der Waals surface area contributed by atoms with Crippen molar-refractivity contribution in [1.82, 2.24) is 0 Å². The van der Waals surface area contributed by atoms with Crippen molar-refractivity contribution in [3.05, 3.63) is 66.3 Å². The van der Waals surface area contributed by atoms with Crippen molar-refractivity contribution < 1.29 is 0 Å². The minimum Gasteiger partial charge on any atom is -0.375 e. The van der Waals surface area contributed by atoms with Gasteiger partial charge in [-0.05, 0) is 24.1 Å². The monoisotopic (exact) mass is 239 g/mol. The molecular formula is C17H21N. The summed E-state index contributed by atoms with van der Waals surface area (Å²) in [5, 5.41) is 3.55. The molecule has 0 fully saturated rings. The van der Waals surface area contributed by atoms with Crippen molar-refractivity contribution in [3.63, 3.8) is 0 Å². The first-order chi connectivity index (χ1) is 8.90. The van der Waals surface area contributed by atoms with Gasteiger partial charge in [0, 0.05) is 5.69 Å². The van der Waals surface area contributed by atoms with Gasteiger partial charge >= 0.3 is 0 Å². The van der Waals surface area contributed by atoms with Crippen LogP contribution in [0.25, 0.3) is 0 Å². The Morgan fingerprint density at radius 3 is 2.78 bits per heavy atom. The minimum absolute atomic E-state index is 0.300. The fraction of sp³-hybridized carbons (Fsp3) is 0.294. The molecule has 2 rings (SSSR count). The smallest absolute Gasteiger partial charge is 0.0697 e. The van der Waals surface area contributed by atoms with Gasteiger partial charge in [0.15, 0.2) is 0 Å². The normalized spacial score (nSPS) is 20.3. The molecule has 1 N–H and O–H groups in total. The van der Waals surface area contributed by atoms with Crippen LogP contribution in [-0.2, 0) is 0 Å². The zero-order chi connectivity index (χ0) is 12.6. The summed E-state index contributed by atoms with van der Waals surface area (Å²) in [6, 6.07) is 10.7. The van der Waals surface area contributed by atoms with Crippen LogP contribution in [-0.4, -0.2) is 6.04 Å². The van der Waals surface area contributed by atoms with Crippen LogP contribution >= 0.6 is 0 Å². The number of rotatable bonds is 5. The van der Waals surface area contributed by atoms with Gasteiger partial charge in [0.05, 0.1) is 6.04 Å². The fourth-order valence-electron chi connectivity index (χ4n) is 2.07. The van der Waals surface area contributed by atoms with Gasteiger partial charge < -0.3 is 5.32 Å². The standard InChI is InChI=1S/C17H21N/c1-2-3-5-10-15-11-8-9-14-17(15)18-16-12-6-4-7-13-16/h4,6-14,17-18H,2-3,5H2,1H3. The average Bonchev–Trinajstić information content (AvgIpc) is 2.42. The molecule has 94 valence electrons. The van der Waals surface area contributed by atoms with Gasteiger partial charge in [-0.2, -0.15) is 0 Å². The molecule has 1 atom stereocenters. The summed E-state index contributed by atoms with van der Waals surface area (Å²) in [7, 11) is 0. The summed E-state index contributed by atoms with van der Waals surface area (Å²) in [5.41, 5.74) is 2.54. The van der Waals surface area contributed by atoms with E-state index in [0.29, 0.717) is 6.04 Å². The predicted octanol–water partition coefficient (Wildman–Crippen LogP) is 4.71. The van der Waals surface area contributed by atoms with Crippen molar-refractivity contribution in [2.75, 3.05) is 5.32 Å². The van der Waals surface area contributed by atoms with Crippen LogP contribution in [0, 0.1) is 0 Å². The number of hydrogen-bond acceptors (Lipinski definition) is 1. The van der Waals surface area contributed by atoms with Crippen LogP contribution in [0.4, 0.5) is 5.69 Å². The highest BCUT2D eigenvalue weighted by Gasteiger charge is 2.10. The number of para-hydroxylation sites is 1. The van der Waals surface area contributed by atoms with Crippen molar-refractivity contribution in [2.24, 2.45) is 0 Å². The zero-order valence-corrected chi connectivity index (χ0v) is 11.0. The van der Waals surface area contributed by atoms with Gasteiger partial charge in [0.2, 0.25) is 0 Å². The highest BCUT2D eigenvalue weighted by Crippen LogP contribution is 2.18. The number of allylic oxidation sites excluding steroid dienone is 3. The van der Waals surface area contributed by atoms with E-state index in [1.54, 1.807) is 0 Å². The lowest BCUT2D eigenvalue weighted by atomic mass is 9.99. The van der Waals surface area contributed by atoms with E-state index in [1.165, 1.54) is 24.1 Å². The molecule has 0 aromatic heterocycles. The van der Waals surface area contributed by atoms with E-state index in [0.717, 1.165) is 6.42 Å². The van der Waals surface area contributed by atoms with Crippen molar-refractivity contribution in [2.45, 2.75) is 32.2 Å². The maximum Gasteiger partial charge on any atom is 0.0697 e. The number of benzene rings is 1. The molecule has 18 heavy (non-hydrogen) atoms. The third-order valence-corrected chi connectivity index (χ3v) is 3.10. The number of unbranched alkanes of at least 4 members (excludes halogenated alkanes) is 2. The number of hydrogen-bond donors (Lipinski definition) is 1. The predicted molar refractivity (Wildman–Crippen MR) is 79.7 cm³/mol. The molecule has 1 nitrogen and oxygen atoms in total. The average molecular weight is 239 g/mol. The van der Waals surface area contributed by atoms with Crippen LogP contribution in [0.1, 0.15) is 26.2 Å². The van der Waals surface area contributed by atoms with Gasteiger partial charge in [-0.3, -0.25) is 0 Å². The molecule has 0 radical (unpaired) electrons. The first-order valence-electron chi connectivity index (χ1n) is 6.76. The second kappa shape index (κ2) is 6.85. The molecule has 0 bridgehead atoms. The summed E-state index contributed by atoms with van der Waals surface area (Å²) in [6.45, 7) is 2.23. The highest BCUT2D eigenvalue weighted by molar-refractivity contribution is 5.50. The Labute approximate surface area is 110 Å². The Bertz CT molecular complexity index is 440. The lowest BCUT2D eigenvalue weighted by Gasteiger charge is -2.20. The summed E-state index contributed by atoms with van der Waals surface area (Å²) in [5.74, 6) is 0. The van der Waals surface area contributed by atoms with Gasteiger partial charge in [-0.15, -0.1) is 0 Å². The van der Waals surface area contributed by atoms with E-state index >= 15 is 0 Å². The zero-order valence-electron chi connectivity index (χ0n) is 11.0. The van der Waals surface area contributed by atoms with E-state index < -0.39 is 0 Å². The van der Waals surface area contributed by atoms with Gasteiger partial charge in [0.1, 0.15) is 0 Å². The fourth-order valence-corrected chi connectivity index (χ4v) is 2.07. The highest BCUT2D eigenvalue weighted by atomic mass is 14.9. The van der Waals surface area contributed by atoms with Crippen molar-refractivity contribution in [1.29, 1.82) is 0 Å². The molecule has 1 aliphatic rings. The maximum absolute atomic E-state index is 3.55. The molecular weight excluding hydrogens is 218 g/mol. The maximum atomic E-state index is 3.55. The molecule has 0 saturated heterocycles. The van der Waals surface area contributed by atoms with E-state index in [-0.39, 0.29) is 0 Å². The summed E-state index contributed by atoms with van der Waals surface area (Å²) in [4.78, 5) is 0. The summed E-state index contributed by atoms with van der Waals surface area (Å²) in [6.07, 6.45) is 14.7. The lowest BCUT2D eigenvalue weighted by molar-refractivity contribution is 0.808. The van der Waals surface area contributed by atoms with Gasteiger partial charge in [-0.1, -0.05) is 68.3 Å². The Hall–Kier alpha value is -1.76. The van der Waals surface area contributed by atoms with Gasteiger partial charge in [-0.25, -0.2) is 0 Å². The molecule has 1 unspecified atom stereocenters. The van der Waals surface area contributed by atoms with Crippen LogP contribution in [0.5, 0.6) is 0 Å². The molecule has 1 aromatic carbocycles. The van der Waals surface area contributed by atoms with E-state index in [4.69, 9.17) is 0 Å². The molecule has 0 heterocycles. The third kappa shape index (κ3) is 3.63. The molecule has 1 heteroatoms. The van der Waals surface area contributed by atoms with Crippen LogP contribution in [0.3, 0.4) is 0 Å². The molecule has 0 amide bonds. The van der Waals surface area contributed by atoms with E-state index in [1.807, 2.05) is 6.07 Å². The Balaban J connectivity index is 2.03. The van der Waals surface area contributed by atoms with Crippen molar-refractivity contribution in [3.8, 4) is 0 Å². The largest absolute Gasteiger partial charge is 0.375 e. The topological polar surface area (TPSA) is 12.0 Å². The molecule has 0 saturated carbocycles. The molecule has 1 aliphatic carbocycles. The first-order valence-corrected chi connectivity index (χ1v) is 6.76. The Morgan fingerprint density at radius 2 is 2.00 bits per heavy atom. The third-order valence-electron chi connectivity index (χ3n) is 3.10. The Morgan fingerprint density at radius 1 is 1.17 bits per heavy atom. The Kier molecular flexibility index (Phi) is 4.83.